The maximum absolute atomic E-state index is 12.5. The van der Waals surface area contributed by atoms with Crippen molar-refractivity contribution in [3.8, 4) is 0 Å². The molecule has 0 saturated heterocycles. The summed E-state index contributed by atoms with van der Waals surface area (Å²) in [5, 5.41) is 3.19. The Kier molecular flexibility index (Phi) is 5.66. The molecule has 1 rings (SSSR count). The standard InChI is InChI=1S/C14H29NO2S/c1-5-7-10-18(16,17)13-11-14(3,4)9-8-12(13)15-6-2/h12-13,15H,5-11H2,1-4H3. The number of hydrogen-bond donors (Lipinski definition) is 1. The summed E-state index contributed by atoms with van der Waals surface area (Å²) in [5.41, 5.74) is 0.163. The van der Waals surface area contributed by atoms with Gasteiger partial charge in [-0.25, -0.2) is 8.42 Å². The number of unbranched alkanes of at least 4 members (excludes halogenated alkanes) is 1. The predicted molar refractivity (Wildman–Crippen MR) is 77.6 cm³/mol. The summed E-state index contributed by atoms with van der Waals surface area (Å²) in [4.78, 5) is 0. The van der Waals surface area contributed by atoms with Crippen molar-refractivity contribution in [3.63, 3.8) is 0 Å². The molecule has 2 unspecified atom stereocenters. The Morgan fingerprint density at radius 2 is 1.94 bits per heavy atom. The summed E-state index contributed by atoms with van der Waals surface area (Å²) < 4.78 is 25.0. The van der Waals surface area contributed by atoms with Gasteiger partial charge in [0.25, 0.3) is 0 Å². The van der Waals surface area contributed by atoms with Gasteiger partial charge in [0.05, 0.1) is 11.0 Å². The lowest BCUT2D eigenvalue weighted by molar-refractivity contribution is 0.210. The second-order valence-electron chi connectivity index (χ2n) is 6.33. The molecular formula is C14H29NO2S. The molecule has 0 spiro atoms. The molecule has 1 saturated carbocycles. The van der Waals surface area contributed by atoms with Crippen LogP contribution in [0.5, 0.6) is 0 Å². The molecule has 18 heavy (non-hydrogen) atoms. The maximum atomic E-state index is 12.5. The molecule has 1 aliphatic carbocycles. The normalized spacial score (nSPS) is 28.2. The fourth-order valence-electron chi connectivity index (χ4n) is 2.89. The van der Waals surface area contributed by atoms with E-state index >= 15 is 0 Å². The van der Waals surface area contributed by atoms with Crippen molar-refractivity contribution in [2.24, 2.45) is 5.41 Å². The van der Waals surface area contributed by atoms with Crippen LogP contribution in [0.4, 0.5) is 0 Å². The average molecular weight is 275 g/mol. The van der Waals surface area contributed by atoms with E-state index in [4.69, 9.17) is 0 Å². The second kappa shape index (κ2) is 6.38. The van der Waals surface area contributed by atoms with E-state index in [1.54, 1.807) is 0 Å². The molecule has 0 heterocycles. The van der Waals surface area contributed by atoms with Crippen molar-refractivity contribution in [2.45, 2.75) is 71.1 Å². The molecule has 1 N–H and O–H groups in total. The van der Waals surface area contributed by atoms with E-state index in [0.29, 0.717) is 5.75 Å². The molecule has 0 amide bonds. The van der Waals surface area contributed by atoms with Gasteiger partial charge in [-0.15, -0.1) is 0 Å². The molecular weight excluding hydrogens is 246 g/mol. The van der Waals surface area contributed by atoms with E-state index in [-0.39, 0.29) is 16.7 Å². The average Bonchev–Trinajstić information content (AvgIpc) is 2.29. The number of rotatable bonds is 6. The van der Waals surface area contributed by atoms with Crippen LogP contribution in [0.15, 0.2) is 0 Å². The fourth-order valence-corrected chi connectivity index (χ4v) is 5.32. The summed E-state index contributed by atoms with van der Waals surface area (Å²) in [7, 11) is -2.95. The quantitative estimate of drug-likeness (QED) is 0.811. The lowest BCUT2D eigenvalue weighted by Gasteiger charge is -2.40. The SMILES string of the molecule is CCCCS(=O)(=O)C1CC(C)(C)CCC1NCC. The molecule has 0 aromatic heterocycles. The van der Waals surface area contributed by atoms with Gasteiger partial charge in [0, 0.05) is 6.04 Å². The van der Waals surface area contributed by atoms with E-state index in [1.165, 1.54) is 0 Å². The van der Waals surface area contributed by atoms with Gasteiger partial charge in [-0.3, -0.25) is 0 Å². The molecule has 3 nitrogen and oxygen atoms in total. The Morgan fingerprint density at radius 1 is 1.28 bits per heavy atom. The Morgan fingerprint density at radius 3 is 2.50 bits per heavy atom. The monoisotopic (exact) mass is 275 g/mol. The van der Waals surface area contributed by atoms with Gasteiger partial charge in [-0.2, -0.15) is 0 Å². The summed E-state index contributed by atoms with van der Waals surface area (Å²) in [6, 6.07) is 0.157. The van der Waals surface area contributed by atoms with Crippen LogP contribution in [0.1, 0.15) is 59.8 Å². The van der Waals surface area contributed by atoms with Gasteiger partial charge in [-0.1, -0.05) is 34.1 Å². The number of sulfone groups is 1. The van der Waals surface area contributed by atoms with Crippen molar-refractivity contribution < 1.29 is 8.42 Å². The highest BCUT2D eigenvalue weighted by Gasteiger charge is 2.41. The minimum atomic E-state index is -2.95. The summed E-state index contributed by atoms with van der Waals surface area (Å²) in [5.74, 6) is 0.353. The highest BCUT2D eigenvalue weighted by atomic mass is 32.2. The predicted octanol–water partition coefficient (Wildman–Crippen LogP) is 2.76. The van der Waals surface area contributed by atoms with Crippen molar-refractivity contribution in [3.05, 3.63) is 0 Å². The molecule has 0 aliphatic heterocycles. The Hall–Kier alpha value is -0.0900. The van der Waals surface area contributed by atoms with Gasteiger partial charge >= 0.3 is 0 Å². The first kappa shape index (κ1) is 16.0. The zero-order valence-electron chi connectivity index (χ0n) is 12.3. The fraction of sp³-hybridized carbons (Fsp3) is 1.00. The second-order valence-corrected chi connectivity index (χ2v) is 8.67. The molecule has 0 aromatic carbocycles. The van der Waals surface area contributed by atoms with Crippen LogP contribution in [0, 0.1) is 5.41 Å². The van der Waals surface area contributed by atoms with Crippen LogP contribution in [-0.4, -0.2) is 32.0 Å². The zero-order valence-corrected chi connectivity index (χ0v) is 13.1. The summed E-state index contributed by atoms with van der Waals surface area (Å²) >= 11 is 0. The van der Waals surface area contributed by atoms with E-state index in [2.05, 4.69) is 26.1 Å². The third-order valence-corrected chi connectivity index (χ3v) is 6.32. The number of nitrogens with one attached hydrogen (secondary N) is 1. The summed E-state index contributed by atoms with van der Waals surface area (Å²) in [6.45, 7) is 9.33. The third kappa shape index (κ3) is 4.23. The molecule has 1 fully saturated rings. The highest BCUT2D eigenvalue weighted by Crippen LogP contribution is 2.38. The van der Waals surface area contributed by atoms with E-state index in [0.717, 1.165) is 38.6 Å². The molecule has 0 bridgehead atoms. The summed E-state index contributed by atoms with van der Waals surface area (Å²) in [6.07, 6.45) is 4.64. The van der Waals surface area contributed by atoms with Crippen LogP contribution in [-0.2, 0) is 9.84 Å². The van der Waals surface area contributed by atoms with Gasteiger partial charge in [0.2, 0.25) is 0 Å². The minimum absolute atomic E-state index is 0.157. The molecule has 0 aromatic rings. The zero-order chi connectivity index (χ0) is 13.8. The van der Waals surface area contributed by atoms with E-state index in [1.807, 2.05) is 6.92 Å². The van der Waals surface area contributed by atoms with Crippen LogP contribution in [0.25, 0.3) is 0 Å². The topological polar surface area (TPSA) is 46.2 Å². The van der Waals surface area contributed by atoms with Crippen LogP contribution in [0.3, 0.4) is 0 Å². The Labute approximate surface area is 113 Å². The highest BCUT2D eigenvalue weighted by molar-refractivity contribution is 7.92. The van der Waals surface area contributed by atoms with Crippen molar-refractivity contribution in [2.75, 3.05) is 12.3 Å². The smallest absolute Gasteiger partial charge is 0.154 e. The van der Waals surface area contributed by atoms with E-state index in [9.17, 15) is 8.42 Å². The third-order valence-electron chi connectivity index (χ3n) is 4.04. The van der Waals surface area contributed by atoms with Gasteiger partial charge < -0.3 is 5.32 Å². The van der Waals surface area contributed by atoms with Crippen LogP contribution < -0.4 is 5.32 Å². The Bertz CT molecular complexity index is 349. The first-order valence-corrected chi connectivity index (χ1v) is 8.99. The molecule has 1 aliphatic rings. The lowest BCUT2D eigenvalue weighted by atomic mass is 9.75. The molecule has 4 heteroatoms. The van der Waals surface area contributed by atoms with Gasteiger partial charge in [0.15, 0.2) is 9.84 Å². The Balaban J connectivity index is 2.83. The van der Waals surface area contributed by atoms with Gasteiger partial charge in [-0.05, 0) is 37.6 Å². The largest absolute Gasteiger partial charge is 0.313 e. The first-order chi connectivity index (χ1) is 8.32. The van der Waals surface area contributed by atoms with Gasteiger partial charge in [0.1, 0.15) is 0 Å². The van der Waals surface area contributed by atoms with Crippen LogP contribution >= 0.6 is 0 Å². The lowest BCUT2D eigenvalue weighted by Crippen LogP contribution is -2.50. The molecule has 0 radical (unpaired) electrons. The number of hydrogen-bond acceptors (Lipinski definition) is 3. The van der Waals surface area contributed by atoms with Crippen LogP contribution in [0.2, 0.25) is 0 Å². The minimum Gasteiger partial charge on any atom is -0.313 e. The maximum Gasteiger partial charge on any atom is 0.154 e. The van der Waals surface area contributed by atoms with Crippen molar-refractivity contribution in [1.82, 2.24) is 5.32 Å². The van der Waals surface area contributed by atoms with E-state index < -0.39 is 9.84 Å². The molecule has 108 valence electrons. The first-order valence-electron chi connectivity index (χ1n) is 7.27. The molecule has 2 atom stereocenters. The van der Waals surface area contributed by atoms with Crippen molar-refractivity contribution in [1.29, 1.82) is 0 Å². The van der Waals surface area contributed by atoms with Crippen molar-refractivity contribution >= 4 is 9.84 Å².